The molecule has 9 heterocycles. The fourth-order valence-corrected chi connectivity index (χ4v) is 17.2. The summed E-state index contributed by atoms with van der Waals surface area (Å²) in [6, 6.07) is 33.2. The van der Waals surface area contributed by atoms with Crippen LogP contribution in [0, 0.1) is 38.2 Å². The van der Waals surface area contributed by atoms with E-state index in [9.17, 15) is 43.4 Å². The van der Waals surface area contributed by atoms with Gasteiger partial charge in [0.1, 0.15) is 57.3 Å². The number of ether oxygens (including phenoxy) is 2. The number of amides is 3. The third-order valence-electron chi connectivity index (χ3n) is 22.9. The third-order valence-corrected chi connectivity index (χ3v) is 23.9. The molecule has 0 aliphatic carbocycles. The molecule has 700 valence electrons. The van der Waals surface area contributed by atoms with Gasteiger partial charge in [0.05, 0.1) is 33.2 Å². The van der Waals surface area contributed by atoms with Crippen LogP contribution in [0.15, 0.2) is 154 Å². The SMILES string of the molecule is C=CC(=O)N1CCN(c2nc(=O)n(-c3c(C)cccc3C(C)C)c3nc(-c4cc(Cl)ccc4O)c(F)cc23)[C@@H](C)C1.Cc1cccc(C(C)C)c1-n1c(=O)nc(N2CCN(C(=O)OC(C)(C)C)C[C@@H]2C)c2cc(F)c(-c3cc(Cl)ccc3O)nc21.Cc1cccc(C(C)C)c1-n1c(=O)nc(N2CCN(C(=O)OC(C)(C)C)C[C@@H]2C)c2cc(F)c(Cl)nc21.OB(O)c1cc(Cl)ccc1O. The molecule has 3 atom stereocenters. The molecule has 3 aliphatic heterocycles. The molecule has 3 aliphatic rings. The Morgan fingerprint density at radius 3 is 1.08 bits per heavy atom. The second-order valence-corrected chi connectivity index (χ2v) is 37.7. The zero-order valence-electron chi connectivity index (χ0n) is 77.2. The summed E-state index contributed by atoms with van der Waals surface area (Å²) in [5.41, 5.74) is 4.83. The minimum atomic E-state index is -1.69. The fraction of sp³-hybridized carbons (Fsp3) is 0.361. The molecular formula is C97H107BCl4F3N15O13. The largest absolute Gasteiger partial charge is 0.508 e. The Bertz CT molecular complexity index is 6710. The zero-order valence-corrected chi connectivity index (χ0v) is 80.2. The van der Waals surface area contributed by atoms with Crippen molar-refractivity contribution in [3.8, 4) is 56.8 Å². The topological polar surface area (TPSA) is 334 Å². The van der Waals surface area contributed by atoms with Crippen molar-refractivity contribution in [3.63, 3.8) is 0 Å². The van der Waals surface area contributed by atoms with Crippen molar-refractivity contribution in [2.75, 3.05) is 73.6 Å². The van der Waals surface area contributed by atoms with Crippen molar-refractivity contribution in [2.24, 2.45) is 0 Å². The minimum absolute atomic E-state index is 0.0116. The van der Waals surface area contributed by atoms with Crippen LogP contribution in [0.2, 0.25) is 20.2 Å². The summed E-state index contributed by atoms with van der Waals surface area (Å²) in [6.45, 7) is 41.4. The van der Waals surface area contributed by atoms with Crippen molar-refractivity contribution >= 4 is 128 Å². The van der Waals surface area contributed by atoms with Crippen LogP contribution in [0.4, 0.5) is 40.2 Å². The van der Waals surface area contributed by atoms with E-state index < -0.39 is 65.0 Å². The Hall–Kier alpha value is -12.3. The monoisotopic (exact) mass is 1900 g/mol. The van der Waals surface area contributed by atoms with Crippen LogP contribution >= 0.6 is 46.4 Å². The number of hydrogen-bond acceptors (Lipinski definition) is 22. The molecule has 3 fully saturated rings. The van der Waals surface area contributed by atoms with Gasteiger partial charge in [0.2, 0.25) is 5.91 Å². The van der Waals surface area contributed by atoms with Gasteiger partial charge < -0.3 is 64.2 Å². The highest BCUT2D eigenvalue weighted by atomic mass is 35.5. The Labute approximate surface area is 788 Å². The molecule has 3 amide bonds. The van der Waals surface area contributed by atoms with Gasteiger partial charge in [-0.15, -0.1) is 0 Å². The highest BCUT2D eigenvalue weighted by Gasteiger charge is 2.38. The second-order valence-electron chi connectivity index (χ2n) is 36.0. The van der Waals surface area contributed by atoms with Crippen molar-refractivity contribution < 1.29 is 62.4 Å². The Morgan fingerprint density at radius 2 is 0.767 bits per heavy atom. The number of aromatic nitrogens is 9. The first-order valence-electron chi connectivity index (χ1n) is 43.4. The van der Waals surface area contributed by atoms with E-state index >= 15 is 8.78 Å². The van der Waals surface area contributed by atoms with Gasteiger partial charge in [-0.25, -0.2) is 65.8 Å². The highest BCUT2D eigenvalue weighted by Crippen LogP contribution is 2.42. The average molecular weight is 1900 g/mol. The lowest BCUT2D eigenvalue weighted by Crippen LogP contribution is -2.55. The Morgan fingerprint density at radius 1 is 0.451 bits per heavy atom. The minimum Gasteiger partial charge on any atom is -0.508 e. The number of para-hydroxylation sites is 3. The predicted molar refractivity (Wildman–Crippen MR) is 517 cm³/mol. The van der Waals surface area contributed by atoms with Gasteiger partial charge in [0.15, 0.2) is 39.5 Å². The van der Waals surface area contributed by atoms with Gasteiger partial charge in [0, 0.05) is 109 Å². The molecule has 0 saturated carbocycles. The van der Waals surface area contributed by atoms with Crippen LogP contribution < -0.4 is 37.2 Å². The molecule has 15 rings (SSSR count). The number of rotatable bonds is 13. The van der Waals surface area contributed by atoms with E-state index in [1.165, 1.54) is 92.6 Å². The van der Waals surface area contributed by atoms with Crippen LogP contribution in [-0.4, -0.2) is 197 Å². The number of halogens is 7. The normalized spacial score (nSPS) is 15.4. The maximum atomic E-state index is 16.0. The number of phenols is 3. The van der Waals surface area contributed by atoms with Crippen LogP contribution in [0.25, 0.3) is 72.7 Å². The van der Waals surface area contributed by atoms with Crippen LogP contribution in [0.1, 0.15) is 155 Å². The molecule has 6 aromatic heterocycles. The Kier molecular flexibility index (Phi) is 30.5. The number of pyridine rings is 3. The molecular weight excluding hydrogens is 1790 g/mol. The first kappa shape index (κ1) is 99.7. The molecule has 3 saturated heterocycles. The lowest BCUT2D eigenvalue weighted by molar-refractivity contribution is -0.126. The van der Waals surface area contributed by atoms with Gasteiger partial charge in [-0.3, -0.25) is 4.79 Å². The van der Waals surface area contributed by atoms with Gasteiger partial charge in [-0.05, 0) is 213 Å². The summed E-state index contributed by atoms with van der Waals surface area (Å²) in [5.74, 6) is -1.75. The summed E-state index contributed by atoms with van der Waals surface area (Å²) < 4.78 is 62.0. The number of aromatic hydroxyl groups is 3. The number of fused-ring (bicyclic) bond motifs is 3. The van der Waals surface area contributed by atoms with Gasteiger partial charge in [-0.2, -0.15) is 15.0 Å². The number of benzene rings is 6. The number of piperazine rings is 3. The van der Waals surface area contributed by atoms with Gasteiger partial charge in [0.25, 0.3) is 0 Å². The van der Waals surface area contributed by atoms with Gasteiger partial charge in [-0.1, -0.05) is 149 Å². The third kappa shape index (κ3) is 21.8. The zero-order chi connectivity index (χ0) is 97.3. The molecule has 36 heteroatoms. The lowest BCUT2D eigenvalue weighted by atomic mass is 9.80. The maximum absolute atomic E-state index is 16.0. The molecule has 0 bridgehead atoms. The highest BCUT2D eigenvalue weighted by molar-refractivity contribution is 6.60. The van der Waals surface area contributed by atoms with Crippen molar-refractivity contribution in [2.45, 2.75) is 172 Å². The van der Waals surface area contributed by atoms with Gasteiger partial charge >= 0.3 is 36.4 Å². The fourth-order valence-electron chi connectivity index (χ4n) is 16.6. The molecule has 0 unspecified atom stereocenters. The smallest absolute Gasteiger partial charge is 0.492 e. The van der Waals surface area contributed by atoms with E-state index in [1.807, 2.05) is 194 Å². The molecule has 133 heavy (non-hydrogen) atoms. The molecule has 0 radical (unpaired) electrons. The van der Waals surface area contributed by atoms with E-state index in [1.54, 1.807) is 14.7 Å². The number of carbonyl (C=O) groups is 3. The second kappa shape index (κ2) is 40.6. The first-order chi connectivity index (χ1) is 62.6. The molecule has 6 aromatic carbocycles. The quantitative estimate of drug-likeness (QED) is 0.0407. The summed E-state index contributed by atoms with van der Waals surface area (Å²) >= 11 is 24.0. The molecule has 5 N–H and O–H groups in total. The summed E-state index contributed by atoms with van der Waals surface area (Å²) in [4.78, 5) is 117. The summed E-state index contributed by atoms with van der Waals surface area (Å²) in [7, 11) is -1.69. The van der Waals surface area contributed by atoms with Crippen molar-refractivity contribution in [1.29, 1.82) is 0 Å². The first-order valence-corrected chi connectivity index (χ1v) is 44.9. The average Bonchev–Trinajstić information content (AvgIpc) is 0.739. The number of hydrogen-bond donors (Lipinski definition) is 5. The number of nitrogens with zero attached hydrogens (tertiary/aromatic N) is 15. The van der Waals surface area contributed by atoms with Crippen LogP contribution in [-0.2, 0) is 14.3 Å². The number of aryl methyl sites for hydroxylation is 3. The lowest BCUT2D eigenvalue weighted by Gasteiger charge is -2.41. The van der Waals surface area contributed by atoms with E-state index in [4.69, 9.17) is 76.0 Å². The summed E-state index contributed by atoms with van der Waals surface area (Å²) in [5, 5.41) is 49.2. The number of anilines is 3. The number of phenolic OH excluding ortho intramolecular Hbond substituents is 3. The standard InChI is InChI=1S/C33H37ClFN5O4.C31H31ClFN5O3.C27H33ClFN5O3.C6H6BClO3/c1-18(2)22-10-8-9-19(3)28(22)40-30-24(16-25(35)27(36-30)23-15-21(34)11-12-26(23)41)29(37-31(40)42)39-14-13-38(17-20(39)4)32(43)44-33(5,6)7;1-6-26(40)36-12-13-37(19(5)16-36)29-23-15-24(33)27(22-14-20(32)10-11-25(22)39)34-30(23)38(31(41)35-29)28-18(4)8-7-9-21(28)17(2)3;1-15(2)18-10-8-9-16(3)21(18)34-24-19(13-20(29)22(28)30-24)23(31-25(34)35)33-12-11-32(14-17(33)4)26(36)37-27(5,6)7;8-4-1-2-6(9)5(3-4)7(10)11/h8-12,15-16,18,20,41H,13-14,17H2,1-7H3;6-11,14-15,17,19,39H,1,12-13,16H2,2-5H3;8-10,13,15,17H,11-12,14H2,1-7H3;1-3,9-11H/t20-;19-;17-;/m000./s1. The van der Waals surface area contributed by atoms with Crippen LogP contribution in [0.3, 0.4) is 0 Å². The predicted octanol–water partition coefficient (Wildman–Crippen LogP) is 17.6. The van der Waals surface area contributed by atoms with E-state index in [-0.39, 0.29) is 121 Å². The maximum Gasteiger partial charge on any atom is 0.492 e. The molecule has 0 spiro atoms. The molecule has 28 nitrogen and oxygen atoms in total. The van der Waals surface area contributed by atoms with Crippen LogP contribution in [0.5, 0.6) is 17.2 Å². The Balaban J connectivity index is 0.000000170. The number of carbonyl (C=O) groups excluding carboxylic acids is 3. The van der Waals surface area contributed by atoms with Crippen molar-refractivity contribution in [3.05, 3.63) is 243 Å². The van der Waals surface area contributed by atoms with E-state index in [0.29, 0.717) is 113 Å². The van der Waals surface area contributed by atoms with Crippen molar-refractivity contribution in [1.82, 2.24) is 58.3 Å². The summed E-state index contributed by atoms with van der Waals surface area (Å²) in [6.07, 6.45) is 0.460. The van der Waals surface area contributed by atoms with E-state index in [0.717, 1.165) is 33.4 Å². The molecule has 12 aromatic rings. The van der Waals surface area contributed by atoms with E-state index in [2.05, 4.69) is 31.5 Å².